The van der Waals surface area contributed by atoms with Gasteiger partial charge in [0, 0.05) is 10.9 Å². The minimum absolute atomic E-state index is 0.0209. The maximum atomic E-state index is 11.4. The molecule has 0 aliphatic heterocycles. The third-order valence-corrected chi connectivity index (χ3v) is 3.00. The van der Waals surface area contributed by atoms with Gasteiger partial charge >= 0.3 is 5.97 Å². The van der Waals surface area contributed by atoms with E-state index in [1.54, 1.807) is 19.9 Å². The van der Waals surface area contributed by atoms with E-state index >= 15 is 0 Å². The van der Waals surface area contributed by atoms with Gasteiger partial charge < -0.3 is 4.74 Å². The second kappa shape index (κ2) is 5.93. The molecule has 1 heterocycles. The van der Waals surface area contributed by atoms with Gasteiger partial charge in [-0.3, -0.25) is 10.1 Å². The van der Waals surface area contributed by atoms with E-state index in [0.717, 1.165) is 11.3 Å². The maximum Gasteiger partial charge on any atom is 0.348 e. The van der Waals surface area contributed by atoms with Crippen LogP contribution >= 0.6 is 11.3 Å². The SMILES string of the molecule is CCOC(=O)/C(C#N)=C/c1cc([N+](=O)[O-])c(C)s1. The molecule has 0 fully saturated rings. The van der Waals surface area contributed by atoms with Crippen LogP contribution in [-0.4, -0.2) is 17.5 Å². The van der Waals surface area contributed by atoms with Crippen molar-refractivity contribution in [1.82, 2.24) is 0 Å². The fourth-order valence-electron chi connectivity index (χ4n) is 1.24. The van der Waals surface area contributed by atoms with Crippen molar-refractivity contribution >= 4 is 29.1 Å². The summed E-state index contributed by atoms with van der Waals surface area (Å²) in [7, 11) is 0. The number of hydrogen-bond donors (Lipinski definition) is 0. The van der Waals surface area contributed by atoms with Crippen molar-refractivity contribution < 1.29 is 14.5 Å². The smallest absolute Gasteiger partial charge is 0.348 e. The highest BCUT2D eigenvalue weighted by Gasteiger charge is 2.16. The second-order valence-corrected chi connectivity index (χ2v) is 4.53. The molecule has 0 aliphatic rings. The number of nitro groups is 1. The second-order valence-electron chi connectivity index (χ2n) is 3.24. The predicted octanol–water partition coefficient (Wildman–Crippen LogP) is 2.43. The van der Waals surface area contributed by atoms with Crippen LogP contribution in [0, 0.1) is 28.4 Å². The molecular weight excluding hydrogens is 256 g/mol. The first-order valence-electron chi connectivity index (χ1n) is 5.03. The molecule has 0 atom stereocenters. The lowest BCUT2D eigenvalue weighted by molar-refractivity contribution is -0.385. The van der Waals surface area contributed by atoms with E-state index in [2.05, 4.69) is 0 Å². The monoisotopic (exact) mass is 266 g/mol. The number of nitrogens with zero attached hydrogens (tertiary/aromatic N) is 2. The van der Waals surface area contributed by atoms with Gasteiger partial charge in [-0.25, -0.2) is 4.79 Å². The number of carbonyl (C=O) groups is 1. The van der Waals surface area contributed by atoms with Crippen LogP contribution in [0.2, 0.25) is 0 Å². The lowest BCUT2D eigenvalue weighted by Gasteiger charge is -1.97. The zero-order valence-corrected chi connectivity index (χ0v) is 10.6. The standard InChI is InChI=1S/C11H10N2O4S/c1-3-17-11(14)8(6-12)4-9-5-10(13(15)16)7(2)18-9/h4-5H,3H2,1-2H3/b8-4+. The maximum absolute atomic E-state index is 11.4. The lowest BCUT2D eigenvalue weighted by atomic mass is 10.2. The Kier molecular flexibility index (Phi) is 4.57. The third kappa shape index (κ3) is 3.15. The number of hydrogen-bond acceptors (Lipinski definition) is 6. The molecule has 0 aliphatic carbocycles. The number of thiophene rings is 1. The van der Waals surface area contributed by atoms with E-state index in [9.17, 15) is 14.9 Å². The Morgan fingerprint density at radius 2 is 2.39 bits per heavy atom. The molecule has 0 bridgehead atoms. The number of nitriles is 1. The number of rotatable bonds is 4. The van der Waals surface area contributed by atoms with Gasteiger partial charge in [0.15, 0.2) is 0 Å². The van der Waals surface area contributed by atoms with Gasteiger partial charge in [-0.1, -0.05) is 0 Å². The molecule has 1 aromatic heterocycles. The molecular formula is C11H10N2O4S. The van der Waals surface area contributed by atoms with Crippen molar-refractivity contribution in [3.63, 3.8) is 0 Å². The molecule has 0 spiro atoms. The average molecular weight is 266 g/mol. The fraction of sp³-hybridized carbons (Fsp3) is 0.273. The quantitative estimate of drug-likeness (QED) is 0.274. The highest BCUT2D eigenvalue weighted by Crippen LogP contribution is 2.29. The van der Waals surface area contributed by atoms with E-state index < -0.39 is 10.9 Å². The first-order chi connectivity index (χ1) is 8.49. The largest absolute Gasteiger partial charge is 0.462 e. The third-order valence-electron chi connectivity index (χ3n) is 2.01. The van der Waals surface area contributed by atoms with Crippen molar-refractivity contribution in [3.8, 4) is 6.07 Å². The summed E-state index contributed by atoms with van der Waals surface area (Å²) < 4.78 is 4.69. The molecule has 7 heteroatoms. The summed E-state index contributed by atoms with van der Waals surface area (Å²) in [5.74, 6) is -0.728. The molecule has 1 rings (SSSR count). The molecule has 18 heavy (non-hydrogen) atoms. The molecule has 6 nitrogen and oxygen atoms in total. The van der Waals surface area contributed by atoms with E-state index in [1.165, 1.54) is 12.1 Å². The molecule has 0 aromatic carbocycles. The summed E-state index contributed by atoms with van der Waals surface area (Å²) in [6, 6.07) is 3.05. The van der Waals surface area contributed by atoms with Crippen molar-refractivity contribution in [3.05, 3.63) is 31.5 Å². The molecule has 1 aromatic rings. The normalized spacial score (nSPS) is 10.8. The van der Waals surface area contributed by atoms with Gasteiger partial charge in [0.25, 0.3) is 5.69 Å². The minimum Gasteiger partial charge on any atom is -0.462 e. The highest BCUT2D eigenvalue weighted by atomic mass is 32.1. The molecule has 0 saturated carbocycles. The molecule has 0 radical (unpaired) electrons. The Morgan fingerprint density at radius 1 is 1.72 bits per heavy atom. The summed E-state index contributed by atoms with van der Waals surface area (Å²) in [4.78, 5) is 22.5. The van der Waals surface area contributed by atoms with Crippen LogP contribution in [0.1, 0.15) is 16.7 Å². The van der Waals surface area contributed by atoms with Gasteiger partial charge in [0.05, 0.1) is 16.4 Å². The lowest BCUT2D eigenvalue weighted by Crippen LogP contribution is -2.05. The molecule has 0 saturated heterocycles. The molecule has 0 N–H and O–H groups in total. The van der Waals surface area contributed by atoms with Crippen molar-refractivity contribution in [2.24, 2.45) is 0 Å². The fourth-order valence-corrected chi connectivity index (χ4v) is 2.17. The summed E-state index contributed by atoms with van der Waals surface area (Å²) in [5.41, 5.74) is -0.194. The van der Waals surface area contributed by atoms with E-state index in [-0.39, 0.29) is 17.9 Å². The topological polar surface area (TPSA) is 93.2 Å². The van der Waals surface area contributed by atoms with Gasteiger partial charge in [-0.2, -0.15) is 5.26 Å². The van der Waals surface area contributed by atoms with Crippen LogP contribution in [0.15, 0.2) is 11.6 Å². The number of carbonyl (C=O) groups excluding carboxylic acids is 1. The van der Waals surface area contributed by atoms with Crippen LogP contribution in [-0.2, 0) is 9.53 Å². The van der Waals surface area contributed by atoms with Crippen LogP contribution in [0.5, 0.6) is 0 Å². The first kappa shape index (κ1) is 13.9. The Labute approximate surface area is 107 Å². The van der Waals surface area contributed by atoms with Crippen LogP contribution in [0.25, 0.3) is 6.08 Å². The van der Waals surface area contributed by atoms with Crippen molar-refractivity contribution in [1.29, 1.82) is 5.26 Å². The molecule has 0 unspecified atom stereocenters. The van der Waals surface area contributed by atoms with Gasteiger partial charge in [0.2, 0.25) is 0 Å². The Morgan fingerprint density at radius 3 is 2.83 bits per heavy atom. The van der Waals surface area contributed by atoms with Crippen molar-refractivity contribution in [2.45, 2.75) is 13.8 Å². The van der Waals surface area contributed by atoms with Crippen molar-refractivity contribution in [2.75, 3.05) is 6.61 Å². The van der Waals surface area contributed by atoms with Gasteiger partial charge in [0.1, 0.15) is 11.6 Å². The molecule has 94 valence electrons. The van der Waals surface area contributed by atoms with Gasteiger partial charge in [-0.05, 0) is 19.9 Å². The Balaban J connectivity index is 3.08. The average Bonchev–Trinajstić information content (AvgIpc) is 2.67. The van der Waals surface area contributed by atoms with Gasteiger partial charge in [-0.15, -0.1) is 11.3 Å². The summed E-state index contributed by atoms with van der Waals surface area (Å²) in [5, 5.41) is 19.5. The number of aryl methyl sites for hydroxylation is 1. The van der Waals surface area contributed by atoms with Crippen LogP contribution in [0.4, 0.5) is 5.69 Å². The van der Waals surface area contributed by atoms with Crippen LogP contribution in [0.3, 0.4) is 0 Å². The number of ether oxygens (including phenoxy) is 1. The molecule has 0 amide bonds. The minimum atomic E-state index is -0.728. The van der Waals surface area contributed by atoms with E-state index in [4.69, 9.17) is 10.00 Å². The zero-order chi connectivity index (χ0) is 13.7. The predicted molar refractivity (Wildman–Crippen MR) is 65.9 cm³/mol. The van der Waals surface area contributed by atoms with Crippen LogP contribution < -0.4 is 0 Å². The number of esters is 1. The summed E-state index contributed by atoms with van der Waals surface area (Å²) in [6.07, 6.45) is 1.29. The zero-order valence-electron chi connectivity index (χ0n) is 9.80. The van der Waals surface area contributed by atoms with E-state index in [0.29, 0.717) is 9.75 Å². The van der Waals surface area contributed by atoms with E-state index in [1.807, 2.05) is 0 Å². The first-order valence-corrected chi connectivity index (χ1v) is 5.85. The highest BCUT2D eigenvalue weighted by molar-refractivity contribution is 7.13. The Bertz CT molecular complexity index is 554. The summed E-state index contributed by atoms with van der Waals surface area (Å²) >= 11 is 1.14. The summed E-state index contributed by atoms with van der Waals surface area (Å²) in [6.45, 7) is 3.41. The Hall–Kier alpha value is -2.20.